The van der Waals surface area contributed by atoms with Crippen molar-refractivity contribution in [2.45, 2.75) is 25.7 Å². The number of hydrogen-bond acceptors (Lipinski definition) is 2. The molecule has 21 heavy (non-hydrogen) atoms. The maximum absolute atomic E-state index is 4.44. The Bertz CT molecular complexity index is 498. The van der Waals surface area contributed by atoms with Crippen LogP contribution in [0.15, 0.2) is 17.4 Å². The molecule has 0 radical (unpaired) electrons. The van der Waals surface area contributed by atoms with Crippen LogP contribution in [0.25, 0.3) is 0 Å². The Morgan fingerprint density at radius 2 is 2.29 bits per heavy atom. The van der Waals surface area contributed by atoms with Gasteiger partial charge in [0.1, 0.15) is 0 Å². The van der Waals surface area contributed by atoms with Crippen LogP contribution < -0.4 is 5.32 Å². The summed E-state index contributed by atoms with van der Waals surface area (Å²) < 4.78 is 1.89. The largest absolute Gasteiger partial charge is 0.356 e. The quantitative estimate of drug-likeness (QED) is 0.478. The Kier molecular flexibility index (Phi) is 5.51. The number of hydrogen-bond donors (Lipinski definition) is 1. The van der Waals surface area contributed by atoms with E-state index in [1.165, 1.54) is 18.4 Å². The molecule has 0 aromatic carbocycles. The first-order valence-electron chi connectivity index (χ1n) is 7.61. The molecule has 2 aliphatic rings. The zero-order chi connectivity index (χ0) is 14.1. The number of rotatable bonds is 3. The highest BCUT2D eigenvalue weighted by molar-refractivity contribution is 14.0. The Balaban J connectivity index is 0.00000161. The highest BCUT2D eigenvalue weighted by Gasteiger charge is 2.33. The topological polar surface area (TPSA) is 45.5 Å². The molecule has 1 N–H and O–H groups in total. The van der Waals surface area contributed by atoms with Crippen LogP contribution in [-0.4, -0.2) is 47.3 Å². The lowest BCUT2D eigenvalue weighted by Crippen LogP contribution is -2.40. The van der Waals surface area contributed by atoms with Crippen molar-refractivity contribution in [3.05, 3.63) is 18.0 Å². The van der Waals surface area contributed by atoms with Crippen molar-refractivity contribution in [2.24, 2.45) is 23.9 Å². The molecule has 1 saturated heterocycles. The minimum absolute atomic E-state index is 0. The van der Waals surface area contributed by atoms with Gasteiger partial charge < -0.3 is 10.2 Å². The fourth-order valence-electron chi connectivity index (χ4n) is 3.11. The molecule has 3 unspecified atom stereocenters. The molecule has 118 valence electrons. The van der Waals surface area contributed by atoms with Crippen LogP contribution in [0.4, 0.5) is 0 Å². The molecule has 1 aliphatic heterocycles. The highest BCUT2D eigenvalue weighted by Crippen LogP contribution is 2.36. The van der Waals surface area contributed by atoms with Gasteiger partial charge in [-0.25, -0.2) is 0 Å². The fraction of sp³-hybridized carbons (Fsp3) is 0.733. The maximum Gasteiger partial charge on any atom is 0.193 e. The normalized spacial score (nSPS) is 28.4. The number of halogens is 1. The lowest BCUT2D eigenvalue weighted by molar-refractivity contribution is 0.482. The van der Waals surface area contributed by atoms with Gasteiger partial charge in [0.25, 0.3) is 0 Å². The van der Waals surface area contributed by atoms with Crippen LogP contribution in [0.3, 0.4) is 0 Å². The van der Waals surface area contributed by atoms with Gasteiger partial charge in [0.15, 0.2) is 5.96 Å². The monoisotopic (exact) mass is 403 g/mol. The number of guanidine groups is 1. The van der Waals surface area contributed by atoms with E-state index in [9.17, 15) is 0 Å². The van der Waals surface area contributed by atoms with Gasteiger partial charge in [-0.3, -0.25) is 9.67 Å². The first kappa shape index (κ1) is 16.6. The molecule has 0 amide bonds. The van der Waals surface area contributed by atoms with Crippen LogP contribution in [0.5, 0.6) is 0 Å². The third kappa shape index (κ3) is 3.90. The molecule has 6 heteroatoms. The van der Waals surface area contributed by atoms with E-state index in [-0.39, 0.29) is 24.0 Å². The van der Waals surface area contributed by atoms with Gasteiger partial charge in [0.2, 0.25) is 0 Å². The summed E-state index contributed by atoms with van der Waals surface area (Å²) in [5.41, 5.74) is 1.35. The number of aliphatic imine (C=N–C) groups is 1. The summed E-state index contributed by atoms with van der Waals surface area (Å²) in [5, 5.41) is 7.82. The van der Waals surface area contributed by atoms with Gasteiger partial charge in [-0.1, -0.05) is 6.92 Å². The summed E-state index contributed by atoms with van der Waals surface area (Å²) in [5.74, 6) is 3.39. The van der Waals surface area contributed by atoms with Crippen LogP contribution >= 0.6 is 24.0 Å². The Hall–Kier alpha value is -0.790. The van der Waals surface area contributed by atoms with Gasteiger partial charge in [-0.05, 0) is 30.2 Å². The molecule has 1 aliphatic carbocycles. The summed E-state index contributed by atoms with van der Waals surface area (Å²) in [6.07, 6.45) is 6.68. The highest BCUT2D eigenvalue weighted by atomic mass is 127. The molecule has 2 heterocycles. The summed E-state index contributed by atoms with van der Waals surface area (Å²) in [4.78, 5) is 6.82. The second kappa shape index (κ2) is 6.98. The molecule has 0 bridgehead atoms. The van der Waals surface area contributed by atoms with Crippen molar-refractivity contribution < 1.29 is 0 Å². The molecule has 3 atom stereocenters. The van der Waals surface area contributed by atoms with E-state index < -0.39 is 0 Å². The SMILES string of the molecule is CN=C(NCC1CC1C)N1CCC(c2cnn(C)c2)C1.I. The van der Waals surface area contributed by atoms with Crippen molar-refractivity contribution in [3.63, 3.8) is 0 Å². The lowest BCUT2D eigenvalue weighted by Gasteiger charge is -2.21. The van der Waals surface area contributed by atoms with Crippen LogP contribution in [0.1, 0.15) is 31.2 Å². The molecule has 1 aromatic heterocycles. The van der Waals surface area contributed by atoms with E-state index >= 15 is 0 Å². The molecular weight excluding hydrogens is 377 g/mol. The van der Waals surface area contributed by atoms with Crippen LogP contribution in [0.2, 0.25) is 0 Å². The van der Waals surface area contributed by atoms with Crippen LogP contribution in [0, 0.1) is 11.8 Å². The van der Waals surface area contributed by atoms with Gasteiger partial charge in [0.05, 0.1) is 6.20 Å². The predicted molar refractivity (Wildman–Crippen MR) is 96.2 cm³/mol. The van der Waals surface area contributed by atoms with E-state index in [1.807, 2.05) is 25.0 Å². The van der Waals surface area contributed by atoms with E-state index in [1.54, 1.807) is 0 Å². The standard InChI is InChI=1S/C15H25N5.HI/c1-11-6-13(11)7-17-15(16-2)20-5-4-12(10-20)14-8-18-19(3)9-14;/h8-9,11-13H,4-7,10H2,1-3H3,(H,16,17);1H. The summed E-state index contributed by atoms with van der Waals surface area (Å²) in [7, 11) is 3.86. The molecule has 3 rings (SSSR count). The van der Waals surface area contributed by atoms with Gasteiger partial charge in [0, 0.05) is 45.8 Å². The van der Waals surface area contributed by atoms with E-state index in [4.69, 9.17) is 0 Å². The molecule has 5 nitrogen and oxygen atoms in total. The Morgan fingerprint density at radius 1 is 1.52 bits per heavy atom. The summed E-state index contributed by atoms with van der Waals surface area (Å²) in [6.45, 7) is 5.52. The molecule has 2 fully saturated rings. The van der Waals surface area contributed by atoms with Gasteiger partial charge >= 0.3 is 0 Å². The number of aryl methyl sites for hydroxylation is 1. The third-order valence-electron chi connectivity index (χ3n) is 4.69. The zero-order valence-electron chi connectivity index (χ0n) is 13.1. The second-order valence-corrected chi connectivity index (χ2v) is 6.28. The Labute approximate surface area is 144 Å². The lowest BCUT2D eigenvalue weighted by atomic mass is 10.0. The third-order valence-corrected chi connectivity index (χ3v) is 4.69. The minimum atomic E-state index is 0. The van der Waals surface area contributed by atoms with Crippen molar-refractivity contribution in [2.75, 3.05) is 26.7 Å². The first-order valence-corrected chi connectivity index (χ1v) is 7.61. The molecule has 1 aromatic rings. The van der Waals surface area contributed by atoms with E-state index in [2.05, 4.69) is 33.4 Å². The van der Waals surface area contributed by atoms with Gasteiger partial charge in [-0.15, -0.1) is 24.0 Å². The van der Waals surface area contributed by atoms with Crippen LogP contribution in [-0.2, 0) is 7.05 Å². The number of nitrogens with one attached hydrogen (secondary N) is 1. The smallest absolute Gasteiger partial charge is 0.193 e. The van der Waals surface area contributed by atoms with Crippen molar-refractivity contribution in [1.29, 1.82) is 0 Å². The van der Waals surface area contributed by atoms with Gasteiger partial charge in [-0.2, -0.15) is 5.10 Å². The van der Waals surface area contributed by atoms with E-state index in [0.717, 1.165) is 37.4 Å². The average Bonchev–Trinajstić information content (AvgIpc) is 2.86. The van der Waals surface area contributed by atoms with Crippen molar-refractivity contribution in [3.8, 4) is 0 Å². The second-order valence-electron chi connectivity index (χ2n) is 6.28. The number of nitrogens with zero attached hydrogens (tertiary/aromatic N) is 4. The number of aromatic nitrogens is 2. The van der Waals surface area contributed by atoms with E-state index in [0.29, 0.717) is 5.92 Å². The van der Waals surface area contributed by atoms with Crippen molar-refractivity contribution >= 4 is 29.9 Å². The maximum atomic E-state index is 4.44. The molecular formula is C15H26IN5. The summed E-state index contributed by atoms with van der Waals surface area (Å²) in [6, 6.07) is 0. The Morgan fingerprint density at radius 3 is 2.86 bits per heavy atom. The van der Waals surface area contributed by atoms with Crippen molar-refractivity contribution in [1.82, 2.24) is 20.0 Å². The predicted octanol–water partition coefficient (Wildman–Crippen LogP) is 2.06. The zero-order valence-corrected chi connectivity index (χ0v) is 15.4. The summed E-state index contributed by atoms with van der Waals surface area (Å²) >= 11 is 0. The number of likely N-dealkylation sites (tertiary alicyclic amines) is 1. The average molecular weight is 403 g/mol. The first-order chi connectivity index (χ1) is 9.67. The minimum Gasteiger partial charge on any atom is -0.356 e. The molecule has 0 spiro atoms. The molecule has 1 saturated carbocycles. The fourth-order valence-corrected chi connectivity index (χ4v) is 3.11.